The van der Waals surface area contributed by atoms with Gasteiger partial charge >= 0.3 is 11.9 Å². The zero-order valence-corrected chi connectivity index (χ0v) is 22.0. The summed E-state index contributed by atoms with van der Waals surface area (Å²) in [6, 6.07) is 37.7. The Morgan fingerprint density at radius 2 is 1.10 bits per heavy atom. The lowest BCUT2D eigenvalue weighted by atomic mass is 9.96. The van der Waals surface area contributed by atoms with Crippen LogP contribution in [-0.2, 0) is 9.59 Å². The summed E-state index contributed by atoms with van der Waals surface area (Å²) in [5.41, 5.74) is 1.33. The number of hydrogen-bond acceptors (Lipinski definition) is 4. The van der Waals surface area contributed by atoms with Crippen molar-refractivity contribution in [3.05, 3.63) is 141 Å². The zero-order chi connectivity index (χ0) is 27.2. The molecule has 39 heavy (non-hydrogen) atoms. The van der Waals surface area contributed by atoms with Crippen molar-refractivity contribution in [2.24, 2.45) is 0 Å². The van der Waals surface area contributed by atoms with Gasteiger partial charge < -0.3 is 9.47 Å². The lowest BCUT2D eigenvalue weighted by Crippen LogP contribution is -2.23. The van der Waals surface area contributed by atoms with E-state index >= 15 is 0 Å². The Hall–Kier alpha value is -4.79. The van der Waals surface area contributed by atoms with Crippen LogP contribution in [0, 0.1) is 0 Å². The van der Waals surface area contributed by atoms with E-state index in [9.17, 15) is 9.59 Å². The first-order chi connectivity index (χ1) is 19.1. The summed E-state index contributed by atoms with van der Waals surface area (Å²) < 4.78 is 11.6. The minimum Gasteiger partial charge on any atom is -0.423 e. The maximum atomic E-state index is 12.5. The maximum absolute atomic E-state index is 12.5. The molecule has 0 atom stereocenters. The highest BCUT2D eigenvalue weighted by Crippen LogP contribution is 2.46. The van der Waals surface area contributed by atoms with Gasteiger partial charge in [-0.3, -0.25) is 0 Å². The van der Waals surface area contributed by atoms with E-state index in [1.807, 2.05) is 78.9 Å². The van der Waals surface area contributed by atoms with E-state index in [0.717, 1.165) is 38.8 Å². The molecule has 0 aliphatic rings. The molecule has 0 amide bonds. The minimum atomic E-state index is -1.11. The molecule has 0 bridgehead atoms. The molecule has 5 rings (SSSR count). The lowest BCUT2D eigenvalue weighted by Gasteiger charge is -2.25. The first-order valence-electron chi connectivity index (χ1n) is 12.3. The molecule has 0 saturated heterocycles. The van der Waals surface area contributed by atoms with Crippen LogP contribution < -0.4 is 25.4 Å². The molecule has 4 nitrogen and oxygen atoms in total. The smallest absolute Gasteiger partial charge is 0.335 e. The molecule has 5 aromatic rings. The maximum Gasteiger partial charge on any atom is 0.335 e. The molecule has 0 spiro atoms. The number of carbonyl (C=O) groups excluding carboxylic acids is 2. The van der Waals surface area contributed by atoms with E-state index < -0.39 is 19.9 Å². The number of ether oxygens (including phenoxy) is 2. The lowest BCUT2D eigenvalue weighted by molar-refractivity contribution is -0.129. The van der Waals surface area contributed by atoms with Crippen LogP contribution in [0.1, 0.15) is 0 Å². The van der Waals surface area contributed by atoms with Crippen molar-refractivity contribution in [2.45, 2.75) is 0 Å². The molecule has 0 unspecified atom stereocenters. The second-order valence-electron chi connectivity index (χ2n) is 8.57. The number of benzene rings is 5. The van der Waals surface area contributed by atoms with Crippen molar-refractivity contribution < 1.29 is 19.1 Å². The van der Waals surface area contributed by atoms with Crippen molar-refractivity contribution in [2.75, 3.05) is 0 Å². The first kappa shape index (κ1) is 25.8. The molecule has 0 N–H and O–H groups in total. The van der Waals surface area contributed by atoms with Gasteiger partial charge in [0.2, 0.25) is 0 Å². The summed E-state index contributed by atoms with van der Waals surface area (Å²) in [6.45, 7) is 7.14. The average Bonchev–Trinajstić information content (AvgIpc) is 2.98. The zero-order valence-electron chi connectivity index (χ0n) is 21.1. The highest BCUT2D eigenvalue weighted by molar-refractivity contribution is 7.80. The summed E-state index contributed by atoms with van der Waals surface area (Å²) in [7, 11) is -1.11. The summed E-state index contributed by atoms with van der Waals surface area (Å²) in [5, 5.41) is 5.00. The molecule has 5 aromatic carbocycles. The van der Waals surface area contributed by atoms with Gasteiger partial charge in [0, 0.05) is 23.3 Å². The monoisotopic (exact) mass is 528 g/mol. The molecule has 0 aliphatic carbocycles. The fourth-order valence-electron chi connectivity index (χ4n) is 4.52. The van der Waals surface area contributed by atoms with Gasteiger partial charge in [0.25, 0.3) is 0 Å². The Balaban J connectivity index is 1.90. The number of hydrogen-bond donors (Lipinski definition) is 0. The fourth-order valence-corrected chi connectivity index (χ4v) is 6.99. The van der Waals surface area contributed by atoms with Crippen molar-refractivity contribution in [1.29, 1.82) is 0 Å². The van der Waals surface area contributed by atoms with Crippen molar-refractivity contribution in [3.63, 3.8) is 0 Å². The molecule has 0 radical (unpaired) electrons. The molecule has 190 valence electrons. The Bertz CT molecular complexity index is 1640. The van der Waals surface area contributed by atoms with Crippen molar-refractivity contribution >= 4 is 46.5 Å². The fraction of sp³-hybridized carbons (Fsp3) is 0. The van der Waals surface area contributed by atoms with Crippen LogP contribution in [0.5, 0.6) is 11.5 Å². The van der Waals surface area contributed by atoms with Gasteiger partial charge in [-0.2, -0.15) is 0 Å². The summed E-state index contributed by atoms with van der Waals surface area (Å²) >= 11 is 0. The third-order valence-electron chi connectivity index (χ3n) is 6.17. The molecule has 5 heteroatoms. The van der Waals surface area contributed by atoms with Crippen LogP contribution in [-0.4, -0.2) is 11.9 Å². The normalized spacial score (nSPS) is 10.7. The van der Waals surface area contributed by atoms with Gasteiger partial charge in [0.1, 0.15) is 11.5 Å². The highest BCUT2D eigenvalue weighted by Gasteiger charge is 2.27. The van der Waals surface area contributed by atoms with Crippen LogP contribution in [0.4, 0.5) is 0 Å². The van der Waals surface area contributed by atoms with E-state index in [0.29, 0.717) is 22.6 Å². The summed E-state index contributed by atoms with van der Waals surface area (Å²) in [6.07, 6.45) is 2.26. The summed E-state index contributed by atoms with van der Waals surface area (Å²) in [5.74, 6) is -0.467. The number of esters is 2. The van der Waals surface area contributed by atoms with E-state index in [2.05, 4.69) is 37.4 Å². The number of fused-ring (bicyclic) bond motifs is 1. The molecular formula is C34H25O4P. The predicted molar refractivity (Wildman–Crippen MR) is 160 cm³/mol. The highest BCUT2D eigenvalue weighted by atomic mass is 31.1. The average molecular weight is 529 g/mol. The first-order valence-corrected chi connectivity index (χ1v) is 13.7. The van der Waals surface area contributed by atoms with E-state index in [1.165, 1.54) is 0 Å². The Kier molecular flexibility index (Phi) is 7.77. The van der Waals surface area contributed by atoms with Crippen LogP contribution in [0.25, 0.3) is 21.9 Å². The standard InChI is InChI=1S/C34H25O4P/c1-3-31(35)37-28-20-13-21-30(39(25-15-7-5-8-16-25)26-17-9-6-10-18-26)34(28)33-27-19-12-11-14-24(27)22-23-29(33)38-32(36)4-2/h3-23H,1-2H2. The van der Waals surface area contributed by atoms with Crippen LogP contribution in [0.3, 0.4) is 0 Å². The third-order valence-corrected chi connectivity index (χ3v) is 8.65. The molecule has 0 fully saturated rings. The topological polar surface area (TPSA) is 52.6 Å². The van der Waals surface area contributed by atoms with Crippen molar-refractivity contribution in [1.82, 2.24) is 0 Å². The summed E-state index contributed by atoms with van der Waals surface area (Å²) in [4.78, 5) is 25.0. The second-order valence-corrected chi connectivity index (χ2v) is 10.8. The van der Waals surface area contributed by atoms with Gasteiger partial charge in [-0.05, 0) is 46.7 Å². The molecule has 0 aliphatic heterocycles. The SMILES string of the molecule is C=CC(=O)Oc1cccc(P(c2ccccc2)c2ccccc2)c1-c1c(OC(=O)C=C)ccc2ccccc12. The third kappa shape index (κ3) is 5.43. The quantitative estimate of drug-likeness (QED) is 0.101. The van der Waals surface area contributed by atoms with E-state index in [1.54, 1.807) is 12.1 Å². The molecule has 0 saturated carbocycles. The second kappa shape index (κ2) is 11.7. The number of rotatable bonds is 8. The Morgan fingerprint density at radius 3 is 1.69 bits per heavy atom. The van der Waals surface area contributed by atoms with Crippen LogP contribution in [0.2, 0.25) is 0 Å². The van der Waals surface area contributed by atoms with Gasteiger partial charge in [0.15, 0.2) is 0 Å². The molecule has 0 heterocycles. The predicted octanol–water partition coefficient (Wildman–Crippen LogP) is 6.45. The largest absolute Gasteiger partial charge is 0.423 e. The molecule has 0 aromatic heterocycles. The molecular weight excluding hydrogens is 503 g/mol. The van der Waals surface area contributed by atoms with Gasteiger partial charge in [0.05, 0.1) is 0 Å². The van der Waals surface area contributed by atoms with Crippen LogP contribution >= 0.6 is 7.92 Å². The Labute approximate surface area is 228 Å². The van der Waals surface area contributed by atoms with E-state index in [4.69, 9.17) is 9.47 Å². The van der Waals surface area contributed by atoms with Gasteiger partial charge in [-0.25, -0.2) is 9.59 Å². The van der Waals surface area contributed by atoms with E-state index in [-0.39, 0.29) is 0 Å². The van der Waals surface area contributed by atoms with Gasteiger partial charge in [-0.15, -0.1) is 0 Å². The number of carbonyl (C=O) groups is 2. The van der Waals surface area contributed by atoms with Crippen molar-refractivity contribution in [3.8, 4) is 22.6 Å². The van der Waals surface area contributed by atoms with Crippen LogP contribution in [0.15, 0.2) is 141 Å². The minimum absolute atomic E-state index is 0.345. The Morgan fingerprint density at radius 1 is 0.564 bits per heavy atom. The van der Waals surface area contributed by atoms with Gasteiger partial charge in [-0.1, -0.05) is 116 Å².